The molecular weight excluding hydrogens is 316 g/mol. The lowest BCUT2D eigenvalue weighted by molar-refractivity contribution is -0.148. The van der Waals surface area contributed by atoms with Crippen molar-refractivity contribution in [2.24, 2.45) is 0 Å². The Morgan fingerprint density at radius 2 is 1.40 bits per heavy atom. The minimum atomic E-state index is -1.02. The van der Waals surface area contributed by atoms with Crippen molar-refractivity contribution in [2.45, 2.75) is 38.4 Å². The zero-order chi connectivity index (χ0) is 17.6. The van der Waals surface area contributed by atoms with Crippen molar-refractivity contribution in [3.05, 3.63) is 83.4 Å². The first-order valence-electron chi connectivity index (χ1n) is 8.37. The summed E-state index contributed by atoms with van der Waals surface area (Å²) in [5, 5.41) is 10.6. The molecule has 0 fully saturated rings. The Hall–Kier alpha value is -2.27. The van der Waals surface area contributed by atoms with Crippen LogP contribution in [0.5, 0.6) is 0 Å². The number of Topliss-reactive ketones (excluding diaryl/α,β-unsaturated/α-hetero) is 1. The van der Waals surface area contributed by atoms with Crippen LogP contribution in [-0.2, 0) is 27.5 Å². The highest BCUT2D eigenvalue weighted by atomic mass is 16.5. The molecule has 4 nitrogen and oxygen atoms in total. The SMILES string of the molecule is CC1=C[C@H](OCc2ccccc2)[C@H](O)[C@@H](OCc2ccccc2)C1=O. The van der Waals surface area contributed by atoms with Gasteiger partial charge in [-0.1, -0.05) is 60.7 Å². The van der Waals surface area contributed by atoms with E-state index in [2.05, 4.69) is 0 Å². The van der Waals surface area contributed by atoms with E-state index in [9.17, 15) is 9.90 Å². The molecule has 0 unspecified atom stereocenters. The van der Waals surface area contributed by atoms with Crippen LogP contribution >= 0.6 is 0 Å². The zero-order valence-electron chi connectivity index (χ0n) is 14.2. The van der Waals surface area contributed by atoms with E-state index in [4.69, 9.17) is 9.47 Å². The molecule has 0 amide bonds. The van der Waals surface area contributed by atoms with E-state index in [1.165, 1.54) is 0 Å². The summed E-state index contributed by atoms with van der Waals surface area (Å²) in [6, 6.07) is 19.3. The van der Waals surface area contributed by atoms with Gasteiger partial charge in [-0.25, -0.2) is 0 Å². The quantitative estimate of drug-likeness (QED) is 0.879. The number of hydrogen-bond acceptors (Lipinski definition) is 4. The molecule has 3 rings (SSSR count). The van der Waals surface area contributed by atoms with Crippen LogP contribution in [0.25, 0.3) is 0 Å². The number of benzene rings is 2. The van der Waals surface area contributed by atoms with Gasteiger partial charge in [0, 0.05) is 0 Å². The molecule has 0 saturated heterocycles. The predicted octanol–water partition coefficient (Wildman–Crippen LogP) is 3.05. The third-order valence-electron chi connectivity index (χ3n) is 4.27. The van der Waals surface area contributed by atoms with Gasteiger partial charge >= 0.3 is 0 Å². The van der Waals surface area contributed by atoms with Crippen molar-refractivity contribution in [1.82, 2.24) is 0 Å². The average molecular weight is 338 g/mol. The molecule has 2 aromatic carbocycles. The molecule has 4 heteroatoms. The summed E-state index contributed by atoms with van der Waals surface area (Å²) in [5.41, 5.74) is 2.53. The van der Waals surface area contributed by atoms with Gasteiger partial charge < -0.3 is 14.6 Å². The minimum Gasteiger partial charge on any atom is -0.387 e. The molecule has 0 aromatic heterocycles. The lowest BCUT2D eigenvalue weighted by Crippen LogP contribution is -2.48. The lowest BCUT2D eigenvalue weighted by atomic mass is 9.91. The monoisotopic (exact) mass is 338 g/mol. The number of aliphatic hydroxyl groups is 1. The van der Waals surface area contributed by atoms with Crippen LogP contribution in [-0.4, -0.2) is 29.2 Å². The molecule has 2 aromatic rings. The predicted molar refractivity (Wildman–Crippen MR) is 94.8 cm³/mol. The fourth-order valence-corrected chi connectivity index (χ4v) is 2.83. The maximum atomic E-state index is 12.4. The molecule has 1 aliphatic carbocycles. The summed E-state index contributed by atoms with van der Waals surface area (Å²) in [7, 11) is 0. The van der Waals surface area contributed by atoms with Crippen LogP contribution in [0.4, 0.5) is 0 Å². The van der Waals surface area contributed by atoms with Gasteiger partial charge in [-0.05, 0) is 29.7 Å². The zero-order valence-corrected chi connectivity index (χ0v) is 14.2. The summed E-state index contributed by atoms with van der Waals surface area (Å²) >= 11 is 0. The van der Waals surface area contributed by atoms with E-state index in [0.717, 1.165) is 11.1 Å². The summed E-state index contributed by atoms with van der Waals surface area (Å²) in [5.74, 6) is -0.192. The van der Waals surface area contributed by atoms with Crippen molar-refractivity contribution < 1.29 is 19.4 Å². The Kier molecular flexibility index (Phi) is 5.76. The first kappa shape index (κ1) is 17.5. The fraction of sp³-hybridized carbons (Fsp3) is 0.286. The number of aliphatic hydroxyl groups excluding tert-OH is 1. The van der Waals surface area contributed by atoms with Crippen molar-refractivity contribution in [1.29, 1.82) is 0 Å². The number of ether oxygens (including phenoxy) is 2. The summed E-state index contributed by atoms with van der Waals surface area (Å²) < 4.78 is 11.5. The molecule has 0 bridgehead atoms. The highest BCUT2D eigenvalue weighted by Crippen LogP contribution is 2.23. The first-order valence-corrected chi connectivity index (χ1v) is 8.37. The second-order valence-electron chi connectivity index (χ2n) is 6.18. The van der Waals surface area contributed by atoms with Gasteiger partial charge in [0.05, 0.1) is 13.2 Å². The van der Waals surface area contributed by atoms with E-state index < -0.39 is 18.3 Å². The molecule has 130 valence electrons. The Morgan fingerprint density at radius 3 is 1.96 bits per heavy atom. The number of carbonyl (C=O) groups excluding carboxylic acids is 1. The number of rotatable bonds is 6. The molecule has 0 saturated carbocycles. The van der Waals surface area contributed by atoms with Crippen LogP contribution in [0, 0.1) is 0 Å². The van der Waals surface area contributed by atoms with Crippen molar-refractivity contribution in [2.75, 3.05) is 0 Å². The van der Waals surface area contributed by atoms with Gasteiger partial charge in [-0.15, -0.1) is 0 Å². The van der Waals surface area contributed by atoms with Crippen molar-refractivity contribution >= 4 is 5.78 Å². The maximum Gasteiger partial charge on any atom is 0.189 e. The molecule has 3 atom stereocenters. The average Bonchev–Trinajstić information content (AvgIpc) is 2.65. The minimum absolute atomic E-state index is 0.192. The van der Waals surface area contributed by atoms with Crippen LogP contribution in [0.2, 0.25) is 0 Å². The number of ketones is 1. The fourth-order valence-electron chi connectivity index (χ4n) is 2.83. The van der Waals surface area contributed by atoms with Gasteiger partial charge in [0.25, 0.3) is 0 Å². The third-order valence-corrected chi connectivity index (χ3v) is 4.27. The van der Waals surface area contributed by atoms with Crippen molar-refractivity contribution in [3.8, 4) is 0 Å². The molecule has 0 aliphatic heterocycles. The van der Waals surface area contributed by atoms with Gasteiger partial charge in [-0.2, -0.15) is 0 Å². The molecule has 0 radical (unpaired) electrons. The molecule has 25 heavy (non-hydrogen) atoms. The highest BCUT2D eigenvalue weighted by Gasteiger charge is 2.38. The van der Waals surface area contributed by atoms with Crippen LogP contribution in [0.15, 0.2) is 72.3 Å². The molecule has 1 aliphatic rings. The van der Waals surface area contributed by atoms with E-state index in [-0.39, 0.29) is 12.4 Å². The largest absolute Gasteiger partial charge is 0.387 e. The van der Waals surface area contributed by atoms with Crippen LogP contribution < -0.4 is 0 Å². The Bertz CT molecular complexity index is 724. The molecular formula is C21H22O4. The van der Waals surface area contributed by atoms with Gasteiger partial charge in [0.2, 0.25) is 0 Å². The Morgan fingerprint density at radius 1 is 0.880 bits per heavy atom. The molecule has 0 heterocycles. The standard InChI is InChI=1S/C21H22O4/c1-15-12-18(24-13-16-8-4-2-5-9-16)20(23)21(19(15)22)25-14-17-10-6-3-7-11-17/h2-12,18,20-21,23H,13-14H2,1H3/t18-,20-,21-/m0/s1. The topological polar surface area (TPSA) is 55.8 Å². The Labute approximate surface area is 147 Å². The van der Waals surface area contributed by atoms with Gasteiger partial charge in [0.15, 0.2) is 5.78 Å². The maximum absolute atomic E-state index is 12.4. The third kappa shape index (κ3) is 4.42. The summed E-state index contributed by atoms with van der Waals surface area (Å²) in [6.07, 6.45) is -0.827. The highest BCUT2D eigenvalue weighted by molar-refractivity contribution is 5.99. The van der Waals surface area contributed by atoms with Crippen LogP contribution in [0.1, 0.15) is 18.1 Å². The van der Waals surface area contributed by atoms with E-state index in [1.54, 1.807) is 13.0 Å². The Balaban J connectivity index is 1.65. The second kappa shape index (κ2) is 8.21. The van der Waals surface area contributed by atoms with Crippen molar-refractivity contribution in [3.63, 3.8) is 0 Å². The normalized spacial score (nSPS) is 23.4. The first-order chi connectivity index (χ1) is 12.1. The summed E-state index contributed by atoms with van der Waals surface area (Å²) in [4.78, 5) is 12.4. The number of carbonyl (C=O) groups is 1. The van der Waals surface area contributed by atoms with E-state index in [1.807, 2.05) is 60.7 Å². The van der Waals surface area contributed by atoms with E-state index >= 15 is 0 Å². The molecule has 1 N–H and O–H groups in total. The van der Waals surface area contributed by atoms with E-state index in [0.29, 0.717) is 12.2 Å². The number of hydrogen-bond donors (Lipinski definition) is 1. The van der Waals surface area contributed by atoms with Crippen LogP contribution in [0.3, 0.4) is 0 Å². The second-order valence-corrected chi connectivity index (χ2v) is 6.18. The lowest BCUT2D eigenvalue weighted by Gasteiger charge is -2.32. The smallest absolute Gasteiger partial charge is 0.189 e. The van der Waals surface area contributed by atoms with Gasteiger partial charge in [0.1, 0.15) is 18.3 Å². The summed E-state index contributed by atoms with van der Waals surface area (Å²) in [6.45, 7) is 2.37. The molecule has 0 spiro atoms. The van der Waals surface area contributed by atoms with Gasteiger partial charge in [-0.3, -0.25) is 4.79 Å².